The molecule has 0 atom stereocenters. The number of para-hydroxylation sites is 3. The van der Waals surface area contributed by atoms with Crippen LogP contribution in [0.3, 0.4) is 0 Å². The summed E-state index contributed by atoms with van der Waals surface area (Å²) in [5.74, 6) is 0. The fraction of sp³-hybridized carbons (Fsp3) is 0.0496. The minimum atomic E-state index is -0.468. The van der Waals surface area contributed by atoms with Gasteiger partial charge in [0.1, 0.15) is 5.58 Å². The van der Waals surface area contributed by atoms with Crippen molar-refractivity contribution in [2.45, 2.75) is 43.9 Å². The second-order valence-electron chi connectivity index (χ2n) is 39.9. The van der Waals surface area contributed by atoms with Crippen LogP contribution in [-0.4, -0.2) is 0 Å². The highest BCUT2D eigenvalue weighted by atomic mass is 32.1. The molecule has 26 aromatic rings. The van der Waals surface area contributed by atoms with Crippen LogP contribution in [0.4, 0.5) is 51.2 Å². The summed E-state index contributed by atoms with van der Waals surface area (Å²) in [6, 6.07) is 192. The van der Waals surface area contributed by atoms with Crippen molar-refractivity contribution < 1.29 is 4.42 Å². The van der Waals surface area contributed by atoms with Crippen LogP contribution >= 0.6 is 22.7 Å². The number of furan rings is 1. The second kappa shape index (κ2) is 36.0. The summed E-state index contributed by atoms with van der Waals surface area (Å²) in [5, 5.41) is 12.5. The van der Waals surface area contributed by atoms with Gasteiger partial charge in [0.05, 0.1) is 37.6 Å². The average molecular weight is 1920 g/mol. The first-order chi connectivity index (χ1) is 72.5. The van der Waals surface area contributed by atoms with E-state index in [-0.39, 0.29) is 10.8 Å². The Labute approximate surface area is 864 Å². The van der Waals surface area contributed by atoms with Gasteiger partial charge in [0.25, 0.3) is 0 Å². The number of nitrogens with zero attached hydrogens (tertiary/aromatic N) is 3. The van der Waals surface area contributed by atoms with E-state index in [4.69, 9.17) is 4.42 Å². The van der Waals surface area contributed by atoms with E-state index in [1.54, 1.807) is 0 Å². The summed E-state index contributed by atoms with van der Waals surface area (Å²) in [4.78, 5) is 7.22. The Kier molecular flexibility index (Phi) is 21.6. The summed E-state index contributed by atoms with van der Waals surface area (Å²) in [7, 11) is 0. The van der Waals surface area contributed by atoms with Crippen molar-refractivity contribution in [2.75, 3.05) is 14.7 Å². The van der Waals surface area contributed by atoms with Crippen molar-refractivity contribution in [1.82, 2.24) is 0 Å². The van der Waals surface area contributed by atoms with E-state index in [0.29, 0.717) is 0 Å². The molecule has 0 spiro atoms. The van der Waals surface area contributed by atoms with Gasteiger partial charge in [-0.1, -0.05) is 471 Å². The standard InChI is InChI=1S/2C49H35NS.C43H29NO/c1-49(2)42-22-12-11-20-41(42)46-43(49)30-28-40-39-21-13-23-45(47(39)51-48(40)46)50(35-26-24-33(25-27-35)32-14-5-3-6-15-32)44-31-29-36(34-16-7-4-8-17-34)37-18-9-10-19-38(37)44;1-49(2)43-20-9-8-17-42(43)46-44(49)31-30-41-40-19-11-21-45(47(40)51-48(41)46)50(36-26-22-33(23-27-36)32-12-4-3-5-13-32)37-28-24-35(25-29-37)39-18-10-15-34-14-6-7-16-38(34)39;1-5-16-30(17-6-1)43(31-18-7-2-8-19-31)37-26-14-13-24-36(37)40-38(43)29-28-35-34-25-15-27-39(41(34)45-42(35)40)44(32-20-9-3-10-21-32)33-22-11-4-12-23-33/h2*3-31H,1-2H3;1-29H. The van der Waals surface area contributed by atoms with Gasteiger partial charge in [0.15, 0.2) is 5.58 Å². The molecule has 147 heavy (non-hydrogen) atoms. The summed E-state index contributed by atoms with van der Waals surface area (Å²) < 4.78 is 12.5. The minimum Gasteiger partial charge on any atom is -0.453 e. The van der Waals surface area contributed by atoms with Crippen molar-refractivity contribution in [1.29, 1.82) is 0 Å². The predicted octanol–water partition coefficient (Wildman–Crippen LogP) is 40.1. The molecule has 0 bridgehead atoms. The highest BCUT2D eigenvalue weighted by Gasteiger charge is 2.48. The van der Waals surface area contributed by atoms with Crippen LogP contribution in [-0.2, 0) is 16.2 Å². The first-order valence-electron chi connectivity index (χ1n) is 50.8. The summed E-state index contributed by atoms with van der Waals surface area (Å²) in [5.41, 5.74) is 39.8. The van der Waals surface area contributed by atoms with E-state index < -0.39 is 5.41 Å². The van der Waals surface area contributed by atoms with E-state index in [1.165, 1.54) is 201 Å². The highest BCUT2D eigenvalue weighted by molar-refractivity contribution is 7.27. The number of fused-ring (bicyclic) bond motifs is 23. The van der Waals surface area contributed by atoms with Crippen LogP contribution in [0.1, 0.15) is 72.2 Å². The third-order valence-corrected chi connectivity index (χ3v) is 33.6. The molecular formula is C141H99N3OS2. The lowest BCUT2D eigenvalue weighted by atomic mass is 9.68. The lowest BCUT2D eigenvalue weighted by Crippen LogP contribution is -2.28. The summed E-state index contributed by atoms with van der Waals surface area (Å²) in [6.45, 7) is 9.47. The number of hydrogen-bond donors (Lipinski definition) is 0. The van der Waals surface area contributed by atoms with Crippen molar-refractivity contribution in [2.24, 2.45) is 0 Å². The zero-order valence-electron chi connectivity index (χ0n) is 81.8. The van der Waals surface area contributed by atoms with Crippen LogP contribution in [0, 0.1) is 0 Å². The van der Waals surface area contributed by atoms with Gasteiger partial charge in [-0.05, 0) is 207 Å². The number of benzene rings is 23. The Morgan fingerprint density at radius 2 is 0.503 bits per heavy atom. The molecule has 0 saturated carbocycles. The maximum absolute atomic E-state index is 7.13. The third kappa shape index (κ3) is 14.5. The average Bonchev–Trinajstić information content (AvgIpc) is 1.53. The third-order valence-electron chi connectivity index (χ3n) is 31.1. The Balaban J connectivity index is 0.000000109. The zero-order chi connectivity index (χ0) is 98.0. The van der Waals surface area contributed by atoms with Gasteiger partial charge in [0, 0.05) is 103 Å². The number of hydrogen-bond acceptors (Lipinski definition) is 6. The number of thiophene rings is 2. The van der Waals surface area contributed by atoms with E-state index in [0.717, 1.165) is 56.1 Å². The lowest BCUT2D eigenvalue weighted by Gasteiger charge is -2.33. The molecule has 4 nitrogen and oxygen atoms in total. The maximum Gasteiger partial charge on any atom is 0.159 e. The van der Waals surface area contributed by atoms with E-state index >= 15 is 0 Å². The molecule has 23 aromatic carbocycles. The molecule has 0 radical (unpaired) electrons. The molecule has 29 rings (SSSR count). The first kappa shape index (κ1) is 88.2. The molecular weight excluding hydrogens is 1820 g/mol. The topological polar surface area (TPSA) is 22.9 Å². The van der Waals surface area contributed by atoms with Crippen molar-refractivity contribution in [3.8, 4) is 77.9 Å². The second-order valence-corrected chi connectivity index (χ2v) is 41.9. The van der Waals surface area contributed by atoms with Crippen LogP contribution < -0.4 is 14.7 Å². The first-order valence-corrected chi connectivity index (χ1v) is 52.5. The van der Waals surface area contributed by atoms with E-state index in [9.17, 15) is 0 Å². The Bertz CT molecular complexity index is 9490. The highest BCUT2D eigenvalue weighted by Crippen LogP contribution is 2.62. The monoisotopic (exact) mass is 1910 g/mol. The van der Waals surface area contributed by atoms with Gasteiger partial charge in [-0.3, -0.25) is 0 Å². The molecule has 3 heterocycles. The summed E-state index contributed by atoms with van der Waals surface area (Å²) in [6.07, 6.45) is 0. The van der Waals surface area contributed by atoms with Crippen molar-refractivity contribution in [3.05, 3.63) is 572 Å². The quantitative estimate of drug-likeness (QED) is 0.102. The molecule has 0 fully saturated rings. The van der Waals surface area contributed by atoms with Gasteiger partial charge in [-0.15, -0.1) is 22.7 Å². The Hall–Kier alpha value is -17.8. The van der Waals surface area contributed by atoms with E-state index in [2.05, 4.69) is 570 Å². The Morgan fingerprint density at radius 3 is 1.03 bits per heavy atom. The largest absolute Gasteiger partial charge is 0.453 e. The summed E-state index contributed by atoms with van der Waals surface area (Å²) >= 11 is 3.87. The van der Waals surface area contributed by atoms with Gasteiger partial charge < -0.3 is 19.1 Å². The molecule has 0 unspecified atom stereocenters. The number of rotatable bonds is 15. The normalized spacial score (nSPS) is 13.1. The van der Waals surface area contributed by atoms with Crippen molar-refractivity contribution in [3.63, 3.8) is 0 Å². The molecule has 0 amide bonds. The Morgan fingerprint density at radius 1 is 0.177 bits per heavy atom. The molecule has 0 saturated heterocycles. The van der Waals surface area contributed by atoms with Gasteiger partial charge >= 0.3 is 0 Å². The smallest absolute Gasteiger partial charge is 0.159 e. The van der Waals surface area contributed by atoms with Gasteiger partial charge in [0.2, 0.25) is 0 Å². The fourth-order valence-electron chi connectivity index (χ4n) is 24.2. The zero-order valence-corrected chi connectivity index (χ0v) is 83.4. The van der Waals surface area contributed by atoms with Crippen LogP contribution in [0.25, 0.3) is 162 Å². The molecule has 696 valence electrons. The fourth-order valence-corrected chi connectivity index (χ4v) is 27.0. The number of anilines is 9. The van der Waals surface area contributed by atoms with Gasteiger partial charge in [-0.25, -0.2) is 0 Å². The van der Waals surface area contributed by atoms with Crippen LogP contribution in [0.2, 0.25) is 0 Å². The molecule has 6 heteroatoms. The maximum atomic E-state index is 7.13. The molecule has 0 N–H and O–H groups in total. The van der Waals surface area contributed by atoms with E-state index in [1.807, 2.05) is 22.7 Å². The lowest BCUT2D eigenvalue weighted by molar-refractivity contribution is 0.661. The van der Waals surface area contributed by atoms with Gasteiger partial charge in [-0.2, -0.15) is 0 Å². The minimum absolute atomic E-state index is 0.0303. The predicted molar refractivity (Wildman–Crippen MR) is 626 cm³/mol. The van der Waals surface area contributed by atoms with Crippen LogP contribution in [0.5, 0.6) is 0 Å². The molecule has 3 aromatic heterocycles. The SMILES string of the molecule is CC1(C)c2ccccc2-c2c1ccc1c2sc2c(N(c3ccc(-c4ccccc4)cc3)c3ccc(-c4cccc5ccccc45)cc3)cccc21.CC1(C)c2ccccc2-c2c1ccc1c2sc2c(N(c3ccc(-c4ccccc4)cc3)c3ccc(-c4ccccc4)c4ccccc34)cccc21.c1ccc(N(c2ccccc2)c2cccc3c2oc2c4c(ccc23)C(c2ccccc2)(c2ccccc2)c2ccccc2-4)cc1. The van der Waals surface area contributed by atoms with Crippen LogP contribution in [0.15, 0.2) is 532 Å². The molecule has 3 aliphatic carbocycles. The van der Waals surface area contributed by atoms with Crippen molar-refractivity contribution >= 4 is 158 Å². The molecule has 3 aliphatic rings. The molecule has 0 aliphatic heterocycles.